The van der Waals surface area contributed by atoms with Crippen LogP contribution in [0.2, 0.25) is 0 Å². The number of aromatic nitrogens is 1. The van der Waals surface area contributed by atoms with Crippen LogP contribution >= 0.6 is 0 Å². The minimum absolute atomic E-state index is 0.0734. The molecule has 0 unspecified atom stereocenters. The van der Waals surface area contributed by atoms with E-state index in [0.717, 1.165) is 54.3 Å². The minimum atomic E-state index is 0.0734. The Morgan fingerprint density at radius 1 is 1.20 bits per heavy atom. The zero-order valence-corrected chi connectivity index (χ0v) is 17.7. The van der Waals surface area contributed by atoms with E-state index in [1.807, 2.05) is 37.3 Å². The smallest absolute Gasteiger partial charge is 0.224 e. The van der Waals surface area contributed by atoms with Crippen LogP contribution in [0.15, 0.2) is 54.6 Å². The zero-order valence-electron chi connectivity index (χ0n) is 17.7. The number of benzene rings is 2. The highest BCUT2D eigenvalue weighted by Gasteiger charge is 2.22. The first-order valence-electron chi connectivity index (χ1n) is 10.7. The van der Waals surface area contributed by atoms with Gasteiger partial charge in [0.05, 0.1) is 12.6 Å². The molecule has 0 saturated carbocycles. The van der Waals surface area contributed by atoms with Gasteiger partial charge < -0.3 is 15.0 Å². The maximum absolute atomic E-state index is 12.5. The summed E-state index contributed by atoms with van der Waals surface area (Å²) in [7, 11) is 1.65. The van der Waals surface area contributed by atoms with Gasteiger partial charge in [0.25, 0.3) is 0 Å². The number of pyridine rings is 1. The highest BCUT2D eigenvalue weighted by molar-refractivity contribution is 5.91. The van der Waals surface area contributed by atoms with Crippen molar-refractivity contribution in [3.8, 4) is 5.75 Å². The van der Waals surface area contributed by atoms with Crippen molar-refractivity contribution in [3.63, 3.8) is 0 Å². The number of para-hydroxylation sites is 1. The molecule has 0 bridgehead atoms. The molecule has 2 heterocycles. The molecule has 1 fully saturated rings. The Morgan fingerprint density at radius 2 is 2.07 bits per heavy atom. The van der Waals surface area contributed by atoms with Crippen molar-refractivity contribution in [3.05, 3.63) is 60.2 Å². The molecule has 3 aromatic rings. The molecule has 1 amide bonds. The fraction of sp³-hybridized carbons (Fsp3) is 0.360. The molecule has 1 aliphatic rings. The van der Waals surface area contributed by atoms with Gasteiger partial charge in [-0.25, -0.2) is 4.98 Å². The summed E-state index contributed by atoms with van der Waals surface area (Å²) in [5.41, 5.74) is 2.90. The van der Waals surface area contributed by atoms with Crippen LogP contribution in [0.4, 0.5) is 11.5 Å². The molecule has 1 aromatic heterocycles. The Balaban J connectivity index is 1.33. The summed E-state index contributed by atoms with van der Waals surface area (Å²) in [4.78, 5) is 19.7. The lowest BCUT2D eigenvalue weighted by molar-refractivity contribution is -0.116. The average Bonchev–Trinajstić information content (AvgIpc) is 2.79. The predicted octanol–water partition coefficient (Wildman–Crippen LogP) is 5.19. The maximum atomic E-state index is 12.5. The number of piperidine rings is 1. The third-order valence-electron chi connectivity index (χ3n) is 5.91. The van der Waals surface area contributed by atoms with E-state index >= 15 is 0 Å². The molecular weight excluding hydrogens is 374 g/mol. The van der Waals surface area contributed by atoms with E-state index in [2.05, 4.69) is 34.5 Å². The second-order valence-electron chi connectivity index (χ2n) is 8.08. The van der Waals surface area contributed by atoms with Crippen molar-refractivity contribution >= 4 is 28.3 Å². The van der Waals surface area contributed by atoms with Crippen molar-refractivity contribution in [2.75, 3.05) is 30.4 Å². The van der Waals surface area contributed by atoms with E-state index < -0.39 is 0 Å². The van der Waals surface area contributed by atoms with Gasteiger partial charge in [-0.15, -0.1) is 0 Å². The van der Waals surface area contributed by atoms with E-state index in [1.165, 1.54) is 11.8 Å². The van der Waals surface area contributed by atoms with E-state index in [4.69, 9.17) is 9.72 Å². The van der Waals surface area contributed by atoms with E-state index in [9.17, 15) is 4.79 Å². The summed E-state index contributed by atoms with van der Waals surface area (Å²) in [6.07, 6.45) is 3.73. The van der Waals surface area contributed by atoms with Crippen molar-refractivity contribution in [2.45, 2.75) is 32.6 Å². The maximum Gasteiger partial charge on any atom is 0.224 e. The summed E-state index contributed by atoms with van der Waals surface area (Å²) in [5, 5.41) is 4.21. The van der Waals surface area contributed by atoms with Gasteiger partial charge in [0.2, 0.25) is 5.91 Å². The number of nitrogens with zero attached hydrogens (tertiary/aromatic N) is 2. The van der Waals surface area contributed by atoms with Crippen molar-refractivity contribution in [2.24, 2.45) is 5.92 Å². The van der Waals surface area contributed by atoms with Crippen molar-refractivity contribution in [1.29, 1.82) is 0 Å². The predicted molar refractivity (Wildman–Crippen MR) is 122 cm³/mol. The number of hydrogen-bond donors (Lipinski definition) is 1. The first kappa shape index (κ1) is 20.2. The third-order valence-corrected chi connectivity index (χ3v) is 5.91. The SMILES string of the molecule is COc1ccc(NC(=O)CC[C@@H]2CCCN(c3ccc4ccccc4n3)C2)c(C)c1. The number of nitrogens with one attached hydrogen (secondary N) is 1. The molecule has 4 rings (SSSR count). The summed E-state index contributed by atoms with van der Waals surface area (Å²) >= 11 is 0. The van der Waals surface area contributed by atoms with Gasteiger partial charge in [0, 0.05) is 30.6 Å². The molecule has 1 saturated heterocycles. The summed E-state index contributed by atoms with van der Waals surface area (Å²) in [6, 6.07) is 18.2. The van der Waals surface area contributed by atoms with Crippen molar-refractivity contribution < 1.29 is 9.53 Å². The van der Waals surface area contributed by atoms with Crippen LogP contribution in [0.3, 0.4) is 0 Å². The van der Waals surface area contributed by atoms with Gasteiger partial charge in [-0.2, -0.15) is 0 Å². The van der Waals surface area contributed by atoms with Gasteiger partial charge >= 0.3 is 0 Å². The van der Waals surface area contributed by atoms with E-state index in [0.29, 0.717) is 12.3 Å². The molecular formula is C25H29N3O2. The molecule has 5 heteroatoms. The lowest BCUT2D eigenvalue weighted by Gasteiger charge is -2.33. The van der Waals surface area contributed by atoms with Crippen LogP contribution in [-0.4, -0.2) is 31.1 Å². The Bertz CT molecular complexity index is 1030. The molecule has 1 aliphatic heterocycles. The second-order valence-corrected chi connectivity index (χ2v) is 8.08. The number of methoxy groups -OCH3 is 1. The molecule has 0 radical (unpaired) electrons. The van der Waals surface area contributed by atoms with Gasteiger partial charge in [-0.05, 0) is 74.1 Å². The van der Waals surface area contributed by atoms with Gasteiger partial charge in [0.1, 0.15) is 11.6 Å². The number of fused-ring (bicyclic) bond motifs is 1. The molecule has 0 aliphatic carbocycles. The summed E-state index contributed by atoms with van der Waals surface area (Å²) in [6.45, 7) is 3.97. The Kier molecular flexibility index (Phi) is 6.17. The monoisotopic (exact) mass is 403 g/mol. The highest BCUT2D eigenvalue weighted by Crippen LogP contribution is 2.27. The summed E-state index contributed by atoms with van der Waals surface area (Å²) in [5.74, 6) is 2.42. The topological polar surface area (TPSA) is 54.5 Å². The highest BCUT2D eigenvalue weighted by atomic mass is 16.5. The average molecular weight is 404 g/mol. The number of hydrogen-bond acceptors (Lipinski definition) is 4. The largest absolute Gasteiger partial charge is 0.497 e. The Morgan fingerprint density at radius 3 is 2.90 bits per heavy atom. The quantitative estimate of drug-likeness (QED) is 0.616. The molecule has 1 atom stereocenters. The first-order chi connectivity index (χ1) is 14.6. The molecule has 30 heavy (non-hydrogen) atoms. The second kappa shape index (κ2) is 9.16. The lowest BCUT2D eigenvalue weighted by atomic mass is 9.93. The molecule has 5 nitrogen and oxygen atoms in total. The Hall–Kier alpha value is -3.08. The number of anilines is 2. The van der Waals surface area contributed by atoms with Crippen LogP contribution < -0.4 is 15.0 Å². The molecule has 2 aromatic carbocycles. The number of carbonyl (C=O) groups excluding carboxylic acids is 1. The van der Waals surface area contributed by atoms with Crippen LogP contribution in [-0.2, 0) is 4.79 Å². The lowest BCUT2D eigenvalue weighted by Crippen LogP contribution is -2.36. The number of amides is 1. The van der Waals surface area contributed by atoms with Gasteiger partial charge in [-0.3, -0.25) is 4.79 Å². The van der Waals surface area contributed by atoms with Crippen LogP contribution in [0.1, 0.15) is 31.2 Å². The van der Waals surface area contributed by atoms with Crippen LogP contribution in [0.25, 0.3) is 10.9 Å². The Labute approximate surface area is 178 Å². The number of rotatable bonds is 6. The third kappa shape index (κ3) is 4.73. The number of ether oxygens (including phenoxy) is 1. The fourth-order valence-electron chi connectivity index (χ4n) is 4.19. The van der Waals surface area contributed by atoms with Crippen molar-refractivity contribution in [1.82, 2.24) is 4.98 Å². The summed E-state index contributed by atoms with van der Waals surface area (Å²) < 4.78 is 5.23. The van der Waals surface area contributed by atoms with E-state index in [1.54, 1.807) is 7.11 Å². The number of carbonyl (C=O) groups is 1. The van der Waals surface area contributed by atoms with Crippen LogP contribution in [0, 0.1) is 12.8 Å². The normalized spacial score (nSPS) is 16.5. The minimum Gasteiger partial charge on any atom is -0.497 e. The van der Waals surface area contributed by atoms with Gasteiger partial charge in [-0.1, -0.05) is 18.2 Å². The standard InChI is InChI=1S/C25H29N3O2/c1-18-16-21(30-2)11-12-22(18)27-25(29)14-9-19-6-5-15-28(17-19)24-13-10-20-7-3-4-8-23(20)26-24/h3-4,7-8,10-13,16,19H,5-6,9,14-15,17H2,1-2H3,(H,27,29)/t19-/m0/s1. The molecule has 0 spiro atoms. The molecule has 1 N–H and O–H groups in total. The van der Waals surface area contributed by atoms with Gasteiger partial charge in [0.15, 0.2) is 0 Å². The fourth-order valence-corrected chi connectivity index (χ4v) is 4.19. The van der Waals surface area contributed by atoms with E-state index in [-0.39, 0.29) is 5.91 Å². The van der Waals surface area contributed by atoms with Crippen LogP contribution in [0.5, 0.6) is 5.75 Å². The number of aryl methyl sites for hydroxylation is 1. The first-order valence-corrected chi connectivity index (χ1v) is 10.7. The zero-order chi connectivity index (χ0) is 20.9. The molecule has 156 valence electrons.